The highest BCUT2D eigenvalue weighted by Crippen LogP contribution is 2.29. The van der Waals surface area contributed by atoms with Gasteiger partial charge in [0.2, 0.25) is 11.7 Å². The molecule has 0 saturated carbocycles. The molecule has 3 heterocycles. The number of rotatable bonds is 5. The third kappa shape index (κ3) is 4.96. The molecule has 0 atom stereocenters. The van der Waals surface area contributed by atoms with Crippen LogP contribution in [0.2, 0.25) is 0 Å². The Balaban J connectivity index is 1.11. The van der Waals surface area contributed by atoms with E-state index in [-0.39, 0.29) is 23.5 Å². The van der Waals surface area contributed by atoms with E-state index in [1.54, 1.807) is 6.07 Å². The van der Waals surface area contributed by atoms with Crippen LogP contribution in [-0.4, -0.2) is 65.0 Å². The van der Waals surface area contributed by atoms with Crippen molar-refractivity contribution in [1.82, 2.24) is 19.8 Å². The molecule has 33 heavy (non-hydrogen) atoms. The molecule has 1 fully saturated rings. The summed E-state index contributed by atoms with van der Waals surface area (Å²) < 4.78 is 44.0. The average molecular weight is 459 g/mol. The second kappa shape index (κ2) is 8.68. The van der Waals surface area contributed by atoms with E-state index in [4.69, 9.17) is 4.74 Å². The molecule has 0 aliphatic carbocycles. The van der Waals surface area contributed by atoms with Crippen LogP contribution in [0.1, 0.15) is 17.0 Å². The minimum absolute atomic E-state index is 0.197. The molecule has 2 aromatic carbocycles. The predicted octanol–water partition coefficient (Wildman–Crippen LogP) is 3.27. The fraction of sp³-hybridized carbons (Fsp3) is 0.391. The van der Waals surface area contributed by atoms with Gasteiger partial charge < -0.3 is 15.0 Å². The number of anilines is 1. The zero-order valence-corrected chi connectivity index (χ0v) is 17.9. The lowest BCUT2D eigenvalue weighted by Gasteiger charge is -2.34. The van der Waals surface area contributed by atoms with Crippen LogP contribution >= 0.6 is 0 Å². The Morgan fingerprint density at radius 3 is 2.67 bits per heavy atom. The van der Waals surface area contributed by atoms with Crippen LogP contribution in [0.4, 0.5) is 18.9 Å². The number of alkyl halides is 3. The molecule has 2 aliphatic heterocycles. The summed E-state index contributed by atoms with van der Waals surface area (Å²) in [6, 6.07) is 10.9. The van der Waals surface area contributed by atoms with Gasteiger partial charge in [0.15, 0.2) is 0 Å². The van der Waals surface area contributed by atoms with Gasteiger partial charge in [0, 0.05) is 44.8 Å². The minimum atomic E-state index is -4.54. The lowest BCUT2D eigenvalue weighted by molar-refractivity contribution is -0.144. The van der Waals surface area contributed by atoms with Crippen molar-refractivity contribution in [2.24, 2.45) is 0 Å². The number of aromatic amines is 1. The number of hydrogen-bond donors (Lipinski definition) is 2. The van der Waals surface area contributed by atoms with Crippen molar-refractivity contribution in [3.05, 3.63) is 53.3 Å². The summed E-state index contributed by atoms with van der Waals surface area (Å²) in [7, 11) is 0. The molecule has 0 radical (unpaired) electrons. The van der Waals surface area contributed by atoms with E-state index in [9.17, 15) is 18.0 Å². The molecule has 0 spiro atoms. The number of fused-ring (bicyclic) bond motifs is 2. The second-order valence-corrected chi connectivity index (χ2v) is 8.46. The third-order valence-electron chi connectivity index (χ3n) is 6.03. The van der Waals surface area contributed by atoms with Gasteiger partial charge in [-0.3, -0.25) is 14.6 Å². The van der Waals surface area contributed by atoms with Crippen molar-refractivity contribution in [3.63, 3.8) is 0 Å². The van der Waals surface area contributed by atoms with Gasteiger partial charge in [-0.15, -0.1) is 0 Å². The first-order valence-corrected chi connectivity index (χ1v) is 10.9. The number of H-pyrrole nitrogens is 1. The van der Waals surface area contributed by atoms with E-state index in [0.717, 1.165) is 51.5 Å². The van der Waals surface area contributed by atoms with E-state index in [1.165, 1.54) is 23.3 Å². The molecular formula is C23H24F3N5O2. The Bertz CT molecular complexity index is 1170. The molecule has 2 aliphatic rings. The number of ether oxygens (including phenoxy) is 1. The second-order valence-electron chi connectivity index (χ2n) is 8.46. The largest absolute Gasteiger partial charge is 0.493 e. The maximum Gasteiger partial charge on any atom is 0.449 e. The Morgan fingerprint density at radius 2 is 1.88 bits per heavy atom. The van der Waals surface area contributed by atoms with Crippen molar-refractivity contribution < 1.29 is 22.7 Å². The van der Waals surface area contributed by atoms with Crippen LogP contribution in [0, 0.1) is 0 Å². The number of imidazole rings is 1. The summed E-state index contributed by atoms with van der Waals surface area (Å²) >= 11 is 0. The summed E-state index contributed by atoms with van der Waals surface area (Å²) in [5, 5.41) is 2.77. The average Bonchev–Trinajstić information content (AvgIpc) is 3.41. The maximum atomic E-state index is 12.8. The first-order valence-electron chi connectivity index (χ1n) is 10.9. The lowest BCUT2D eigenvalue weighted by Crippen LogP contribution is -2.48. The number of piperazine rings is 1. The Morgan fingerprint density at radius 1 is 1.09 bits per heavy atom. The quantitative estimate of drug-likeness (QED) is 0.613. The predicted molar refractivity (Wildman–Crippen MR) is 117 cm³/mol. The van der Waals surface area contributed by atoms with Crippen molar-refractivity contribution in [2.75, 3.05) is 44.6 Å². The van der Waals surface area contributed by atoms with Gasteiger partial charge in [0.05, 0.1) is 24.2 Å². The maximum absolute atomic E-state index is 12.8. The smallest absolute Gasteiger partial charge is 0.449 e. The normalized spacial score (nSPS) is 17.2. The van der Waals surface area contributed by atoms with E-state index in [0.29, 0.717) is 5.69 Å². The molecular weight excluding hydrogens is 435 g/mol. The van der Waals surface area contributed by atoms with Crippen LogP contribution < -0.4 is 10.1 Å². The highest BCUT2D eigenvalue weighted by molar-refractivity contribution is 5.94. The number of nitrogens with one attached hydrogen (secondary N) is 2. The summed E-state index contributed by atoms with van der Waals surface area (Å²) in [5.41, 5.74) is 3.40. The SMILES string of the molecule is O=C(CN1CCN(Cc2ccc3c(c2)CCO3)CC1)Nc1ccc2nc(C(F)(F)F)[nH]c2c1. The van der Waals surface area contributed by atoms with Crippen molar-refractivity contribution in [3.8, 4) is 5.75 Å². The van der Waals surface area contributed by atoms with Gasteiger partial charge in [0.1, 0.15) is 5.75 Å². The van der Waals surface area contributed by atoms with Gasteiger partial charge >= 0.3 is 6.18 Å². The van der Waals surface area contributed by atoms with Crippen LogP contribution in [0.15, 0.2) is 36.4 Å². The van der Waals surface area contributed by atoms with Crippen molar-refractivity contribution in [2.45, 2.75) is 19.1 Å². The monoisotopic (exact) mass is 459 g/mol. The Labute approximate surface area is 188 Å². The van der Waals surface area contributed by atoms with E-state index in [2.05, 4.69) is 37.2 Å². The van der Waals surface area contributed by atoms with Gasteiger partial charge in [-0.1, -0.05) is 12.1 Å². The van der Waals surface area contributed by atoms with E-state index < -0.39 is 12.0 Å². The molecule has 3 aromatic rings. The minimum Gasteiger partial charge on any atom is -0.493 e. The molecule has 7 nitrogen and oxygen atoms in total. The number of benzene rings is 2. The molecule has 174 valence electrons. The highest BCUT2D eigenvalue weighted by Gasteiger charge is 2.34. The zero-order valence-electron chi connectivity index (χ0n) is 17.9. The molecule has 0 unspecified atom stereocenters. The zero-order chi connectivity index (χ0) is 23.0. The summed E-state index contributed by atoms with van der Waals surface area (Å²) in [6.45, 7) is 5.13. The molecule has 1 aromatic heterocycles. The van der Waals surface area contributed by atoms with Crippen LogP contribution in [0.3, 0.4) is 0 Å². The summed E-state index contributed by atoms with van der Waals surface area (Å²) in [5.74, 6) is -0.258. The first-order chi connectivity index (χ1) is 15.8. The number of nitrogens with zero attached hydrogens (tertiary/aromatic N) is 3. The number of halogens is 3. The van der Waals surface area contributed by atoms with E-state index in [1.807, 2.05) is 6.07 Å². The Kier molecular flexibility index (Phi) is 5.71. The summed E-state index contributed by atoms with van der Waals surface area (Å²) in [6.07, 6.45) is -3.58. The number of carbonyl (C=O) groups excluding carboxylic acids is 1. The van der Waals surface area contributed by atoms with Gasteiger partial charge in [0.25, 0.3) is 0 Å². The van der Waals surface area contributed by atoms with E-state index >= 15 is 0 Å². The Hall–Kier alpha value is -3.11. The number of carbonyl (C=O) groups is 1. The van der Waals surface area contributed by atoms with Gasteiger partial charge in [-0.25, -0.2) is 4.98 Å². The fourth-order valence-electron chi connectivity index (χ4n) is 4.33. The molecule has 1 amide bonds. The molecule has 5 rings (SSSR count). The molecule has 10 heteroatoms. The molecule has 2 N–H and O–H groups in total. The van der Waals surface area contributed by atoms with Gasteiger partial charge in [-0.2, -0.15) is 13.2 Å². The van der Waals surface area contributed by atoms with Crippen LogP contribution in [0.5, 0.6) is 5.75 Å². The van der Waals surface area contributed by atoms with Crippen molar-refractivity contribution in [1.29, 1.82) is 0 Å². The molecule has 0 bridgehead atoms. The fourth-order valence-corrected chi connectivity index (χ4v) is 4.33. The van der Waals surface area contributed by atoms with Gasteiger partial charge in [-0.05, 0) is 35.4 Å². The van der Waals surface area contributed by atoms with Crippen LogP contribution in [-0.2, 0) is 23.9 Å². The first kappa shape index (κ1) is 21.7. The summed E-state index contributed by atoms with van der Waals surface area (Å²) in [4.78, 5) is 22.7. The topological polar surface area (TPSA) is 73.5 Å². The highest BCUT2D eigenvalue weighted by atomic mass is 19.4. The number of aromatic nitrogens is 2. The number of hydrogen-bond acceptors (Lipinski definition) is 5. The molecule has 1 saturated heterocycles. The number of amides is 1. The standard InChI is InChI=1S/C23H24F3N5O2/c24-23(25,26)22-28-18-3-2-17(12-19(18)29-22)27-21(32)14-31-8-6-30(7-9-31)13-15-1-4-20-16(11-15)5-10-33-20/h1-4,11-12H,5-10,13-14H2,(H,27,32)(H,28,29). The third-order valence-corrected chi connectivity index (χ3v) is 6.03. The lowest BCUT2D eigenvalue weighted by atomic mass is 10.1. The van der Waals surface area contributed by atoms with Crippen molar-refractivity contribution >= 4 is 22.6 Å². The van der Waals surface area contributed by atoms with Crippen LogP contribution in [0.25, 0.3) is 11.0 Å².